The van der Waals surface area contributed by atoms with Crippen LogP contribution in [-0.2, 0) is 24.2 Å². The van der Waals surface area contributed by atoms with Gasteiger partial charge in [0.2, 0.25) is 0 Å². The number of hydrogen-bond donors (Lipinski definition) is 1. The van der Waals surface area contributed by atoms with Gasteiger partial charge in [0.1, 0.15) is 5.78 Å². The van der Waals surface area contributed by atoms with Crippen molar-refractivity contribution in [2.75, 3.05) is 19.6 Å². The summed E-state index contributed by atoms with van der Waals surface area (Å²) >= 11 is 0. The van der Waals surface area contributed by atoms with E-state index in [1.54, 1.807) is 0 Å². The third-order valence-corrected chi connectivity index (χ3v) is 5.33. The van der Waals surface area contributed by atoms with Gasteiger partial charge in [-0.05, 0) is 55.5 Å². The summed E-state index contributed by atoms with van der Waals surface area (Å²) in [6, 6.07) is 19.1. The Bertz CT molecular complexity index is 681. The molecule has 0 amide bonds. The number of nitrogens with two attached hydrogens (primary N) is 1. The first-order valence-corrected chi connectivity index (χ1v) is 9.81. The highest BCUT2D eigenvalue weighted by atomic mass is 16.1. The molecule has 0 radical (unpaired) electrons. The van der Waals surface area contributed by atoms with Gasteiger partial charge in [0, 0.05) is 25.4 Å². The van der Waals surface area contributed by atoms with Gasteiger partial charge < -0.3 is 5.73 Å². The van der Waals surface area contributed by atoms with Crippen LogP contribution in [0.25, 0.3) is 0 Å². The molecule has 0 unspecified atom stereocenters. The number of carbonyl (C=O) groups is 1. The summed E-state index contributed by atoms with van der Waals surface area (Å²) in [7, 11) is 0. The molecule has 3 heteroatoms. The average Bonchev–Trinajstić information content (AvgIpc) is 2.69. The van der Waals surface area contributed by atoms with E-state index in [1.165, 1.54) is 16.7 Å². The van der Waals surface area contributed by atoms with Crippen molar-refractivity contribution in [1.82, 2.24) is 4.90 Å². The van der Waals surface area contributed by atoms with Gasteiger partial charge in [-0.25, -0.2) is 0 Å². The molecule has 2 N–H and O–H groups in total. The summed E-state index contributed by atoms with van der Waals surface area (Å²) in [6.45, 7) is 3.62. The Morgan fingerprint density at radius 1 is 0.962 bits per heavy atom. The smallest absolute Gasteiger partial charge is 0.137 e. The lowest BCUT2D eigenvalue weighted by molar-refractivity contribution is -0.124. The third-order valence-electron chi connectivity index (χ3n) is 5.33. The standard InChI is InChI=1S/C23H30N2O/c24-15-14-20-8-10-21(11-9-20)17-25-16-4-7-22(18-25)23(26)13-12-19-5-2-1-3-6-19/h1-3,5-6,8-11,22H,4,7,12-18,24H2/t22-/m1/s1. The van der Waals surface area contributed by atoms with Crippen LogP contribution in [-0.4, -0.2) is 30.3 Å². The summed E-state index contributed by atoms with van der Waals surface area (Å²) < 4.78 is 0. The molecule has 1 fully saturated rings. The SMILES string of the molecule is NCCc1ccc(CN2CCC[C@@H](C(=O)CCc3ccccc3)C2)cc1. The van der Waals surface area contributed by atoms with Crippen molar-refractivity contribution >= 4 is 5.78 Å². The second-order valence-corrected chi connectivity index (χ2v) is 7.38. The Morgan fingerprint density at radius 3 is 2.38 bits per heavy atom. The van der Waals surface area contributed by atoms with Crippen LogP contribution in [0.2, 0.25) is 0 Å². The Hall–Kier alpha value is -1.97. The van der Waals surface area contributed by atoms with Gasteiger partial charge in [-0.2, -0.15) is 0 Å². The summed E-state index contributed by atoms with van der Waals surface area (Å²) in [4.78, 5) is 15.1. The molecule has 2 aromatic carbocycles. The van der Waals surface area contributed by atoms with E-state index >= 15 is 0 Å². The maximum atomic E-state index is 12.6. The van der Waals surface area contributed by atoms with Gasteiger partial charge in [0.15, 0.2) is 0 Å². The minimum absolute atomic E-state index is 0.198. The Labute approximate surface area is 157 Å². The topological polar surface area (TPSA) is 46.3 Å². The lowest BCUT2D eigenvalue weighted by atomic mass is 9.90. The van der Waals surface area contributed by atoms with Gasteiger partial charge in [0.05, 0.1) is 0 Å². The fourth-order valence-electron chi connectivity index (χ4n) is 3.81. The van der Waals surface area contributed by atoms with E-state index in [4.69, 9.17) is 5.73 Å². The normalized spacial score (nSPS) is 18.0. The zero-order valence-corrected chi connectivity index (χ0v) is 15.6. The number of piperidine rings is 1. The number of Topliss-reactive ketones (excluding diaryl/α,β-unsaturated/α-hetero) is 1. The highest BCUT2D eigenvalue weighted by Gasteiger charge is 2.25. The van der Waals surface area contributed by atoms with E-state index in [1.807, 2.05) is 18.2 Å². The highest BCUT2D eigenvalue weighted by molar-refractivity contribution is 5.81. The van der Waals surface area contributed by atoms with Crippen LogP contribution >= 0.6 is 0 Å². The number of carbonyl (C=O) groups excluding carboxylic acids is 1. The molecule has 0 aromatic heterocycles. The zero-order chi connectivity index (χ0) is 18.2. The van der Waals surface area contributed by atoms with E-state index in [9.17, 15) is 4.79 Å². The van der Waals surface area contributed by atoms with Crippen molar-refractivity contribution in [2.45, 2.75) is 38.6 Å². The molecule has 1 atom stereocenters. The van der Waals surface area contributed by atoms with E-state index < -0.39 is 0 Å². The molecular formula is C23H30N2O. The molecule has 3 rings (SSSR count). The van der Waals surface area contributed by atoms with Gasteiger partial charge in [-0.15, -0.1) is 0 Å². The van der Waals surface area contributed by atoms with Gasteiger partial charge >= 0.3 is 0 Å². The van der Waals surface area contributed by atoms with E-state index in [2.05, 4.69) is 41.3 Å². The highest BCUT2D eigenvalue weighted by Crippen LogP contribution is 2.21. The number of nitrogens with zero attached hydrogens (tertiary/aromatic N) is 1. The molecule has 0 aliphatic carbocycles. The Kier molecular flexibility index (Phi) is 6.98. The summed E-state index contributed by atoms with van der Waals surface area (Å²) in [5.74, 6) is 0.626. The molecular weight excluding hydrogens is 320 g/mol. The maximum absolute atomic E-state index is 12.6. The quantitative estimate of drug-likeness (QED) is 0.791. The number of hydrogen-bond acceptors (Lipinski definition) is 3. The van der Waals surface area contributed by atoms with Crippen LogP contribution in [0, 0.1) is 5.92 Å². The van der Waals surface area contributed by atoms with Gasteiger partial charge in [-0.3, -0.25) is 9.69 Å². The molecule has 0 spiro atoms. The Morgan fingerprint density at radius 2 is 1.65 bits per heavy atom. The minimum Gasteiger partial charge on any atom is -0.330 e. The van der Waals surface area contributed by atoms with E-state index in [0.717, 1.165) is 45.3 Å². The van der Waals surface area contributed by atoms with Crippen molar-refractivity contribution in [3.8, 4) is 0 Å². The van der Waals surface area contributed by atoms with Crippen molar-refractivity contribution in [1.29, 1.82) is 0 Å². The van der Waals surface area contributed by atoms with Gasteiger partial charge in [-0.1, -0.05) is 54.6 Å². The molecule has 1 aliphatic heterocycles. The lowest BCUT2D eigenvalue weighted by Gasteiger charge is -2.32. The molecule has 1 saturated heterocycles. The average molecular weight is 351 g/mol. The predicted molar refractivity (Wildman–Crippen MR) is 107 cm³/mol. The molecule has 2 aromatic rings. The first kappa shape index (κ1) is 18.8. The molecule has 0 saturated carbocycles. The largest absolute Gasteiger partial charge is 0.330 e. The lowest BCUT2D eigenvalue weighted by Crippen LogP contribution is -2.38. The van der Waals surface area contributed by atoms with Crippen molar-refractivity contribution in [2.24, 2.45) is 11.7 Å². The van der Waals surface area contributed by atoms with Crippen LogP contribution in [0.15, 0.2) is 54.6 Å². The van der Waals surface area contributed by atoms with E-state index in [0.29, 0.717) is 18.7 Å². The van der Waals surface area contributed by atoms with Crippen LogP contribution in [0.5, 0.6) is 0 Å². The van der Waals surface area contributed by atoms with Crippen molar-refractivity contribution in [3.63, 3.8) is 0 Å². The monoisotopic (exact) mass is 350 g/mol. The van der Waals surface area contributed by atoms with E-state index in [-0.39, 0.29) is 5.92 Å². The molecule has 138 valence electrons. The summed E-state index contributed by atoms with van der Waals surface area (Å²) in [5, 5.41) is 0. The molecule has 1 heterocycles. The number of ketones is 1. The third kappa shape index (κ3) is 5.52. The number of benzene rings is 2. The van der Waals surface area contributed by atoms with Crippen molar-refractivity contribution in [3.05, 3.63) is 71.3 Å². The Balaban J connectivity index is 1.49. The number of aryl methyl sites for hydroxylation is 1. The summed E-state index contributed by atoms with van der Waals surface area (Å²) in [5.41, 5.74) is 9.49. The predicted octanol–water partition coefficient (Wildman–Crippen LogP) is 3.60. The van der Waals surface area contributed by atoms with Crippen molar-refractivity contribution < 1.29 is 4.79 Å². The number of rotatable bonds is 8. The fraction of sp³-hybridized carbons (Fsp3) is 0.435. The zero-order valence-electron chi connectivity index (χ0n) is 15.6. The first-order valence-electron chi connectivity index (χ1n) is 9.81. The second-order valence-electron chi connectivity index (χ2n) is 7.38. The molecule has 26 heavy (non-hydrogen) atoms. The fourth-order valence-corrected chi connectivity index (χ4v) is 3.81. The van der Waals surface area contributed by atoms with Crippen LogP contribution in [0.3, 0.4) is 0 Å². The molecule has 3 nitrogen and oxygen atoms in total. The minimum atomic E-state index is 0.198. The number of likely N-dealkylation sites (tertiary alicyclic amines) is 1. The second kappa shape index (κ2) is 9.65. The molecule has 0 bridgehead atoms. The van der Waals surface area contributed by atoms with Crippen LogP contribution in [0.4, 0.5) is 0 Å². The van der Waals surface area contributed by atoms with Gasteiger partial charge in [0.25, 0.3) is 0 Å². The maximum Gasteiger partial charge on any atom is 0.137 e. The first-order chi connectivity index (χ1) is 12.7. The molecule has 1 aliphatic rings. The van der Waals surface area contributed by atoms with Crippen LogP contribution < -0.4 is 5.73 Å². The van der Waals surface area contributed by atoms with Crippen LogP contribution in [0.1, 0.15) is 36.0 Å². The summed E-state index contributed by atoms with van der Waals surface area (Å²) in [6.07, 6.45) is 4.61.